The number of nitrogens with one attached hydrogen (secondary N) is 2. The molecular weight excluding hydrogens is 264 g/mol. The van der Waals surface area contributed by atoms with Crippen LogP contribution in [0.5, 0.6) is 0 Å². The summed E-state index contributed by atoms with van der Waals surface area (Å²) < 4.78 is 5.76. The Morgan fingerprint density at radius 3 is 2.43 bits per heavy atom. The molecule has 4 heteroatoms. The Hall–Kier alpha value is -1.55. The lowest BCUT2D eigenvalue weighted by Gasteiger charge is -2.28. The molecule has 2 aliphatic carbocycles. The number of ether oxygens (including phenoxy) is 1. The Kier molecular flexibility index (Phi) is 4.15. The van der Waals surface area contributed by atoms with Crippen LogP contribution >= 0.6 is 0 Å². The van der Waals surface area contributed by atoms with Crippen LogP contribution in [0, 0.1) is 0 Å². The average Bonchev–Trinajstić information content (AvgIpc) is 3.12. The monoisotopic (exact) mass is 288 g/mol. The first-order valence-corrected chi connectivity index (χ1v) is 7.87. The molecule has 1 aromatic carbocycles. The topological polar surface area (TPSA) is 50.4 Å². The van der Waals surface area contributed by atoms with Gasteiger partial charge in [0.15, 0.2) is 0 Å². The van der Waals surface area contributed by atoms with Crippen LogP contribution in [0.1, 0.15) is 36.8 Å². The summed E-state index contributed by atoms with van der Waals surface area (Å²) in [4.78, 5) is 12.0. The van der Waals surface area contributed by atoms with Gasteiger partial charge >= 0.3 is 6.03 Å². The zero-order chi connectivity index (χ0) is 14.7. The number of carbonyl (C=O) groups excluding carboxylic acids is 1. The zero-order valence-corrected chi connectivity index (χ0v) is 12.7. The normalized spacial score (nSPS) is 20.2. The maximum Gasteiger partial charge on any atom is 0.315 e. The predicted molar refractivity (Wildman–Crippen MR) is 82.4 cm³/mol. The average molecular weight is 288 g/mol. The molecule has 4 nitrogen and oxygen atoms in total. The molecule has 1 aromatic rings. The molecular formula is C17H24N2O2. The van der Waals surface area contributed by atoms with Crippen molar-refractivity contribution in [2.24, 2.45) is 0 Å². The summed E-state index contributed by atoms with van der Waals surface area (Å²) in [6.07, 6.45) is 6.39. The van der Waals surface area contributed by atoms with E-state index in [0.717, 1.165) is 25.7 Å². The smallest absolute Gasteiger partial charge is 0.315 e. The van der Waals surface area contributed by atoms with E-state index in [2.05, 4.69) is 34.9 Å². The van der Waals surface area contributed by atoms with Crippen molar-refractivity contribution in [3.05, 3.63) is 35.4 Å². The number of hydrogen-bond acceptors (Lipinski definition) is 2. The fraction of sp³-hybridized carbons (Fsp3) is 0.588. The molecule has 0 aromatic heterocycles. The molecule has 21 heavy (non-hydrogen) atoms. The van der Waals surface area contributed by atoms with Crippen LogP contribution in [-0.4, -0.2) is 31.3 Å². The van der Waals surface area contributed by atoms with Gasteiger partial charge in [0.25, 0.3) is 0 Å². The third-order valence-electron chi connectivity index (χ3n) is 4.84. The lowest BCUT2D eigenvalue weighted by atomic mass is 10.0. The third kappa shape index (κ3) is 3.21. The van der Waals surface area contributed by atoms with E-state index in [-0.39, 0.29) is 11.6 Å². The second kappa shape index (κ2) is 6.06. The van der Waals surface area contributed by atoms with Crippen LogP contribution in [0.4, 0.5) is 4.79 Å². The second-order valence-corrected chi connectivity index (χ2v) is 6.32. The van der Waals surface area contributed by atoms with E-state index in [1.54, 1.807) is 7.11 Å². The fourth-order valence-electron chi connectivity index (χ4n) is 3.55. The van der Waals surface area contributed by atoms with Crippen molar-refractivity contribution in [3.63, 3.8) is 0 Å². The summed E-state index contributed by atoms with van der Waals surface area (Å²) in [5.41, 5.74) is 2.37. The number of benzene rings is 1. The summed E-state index contributed by atoms with van der Waals surface area (Å²) in [6.45, 7) is 0.552. The minimum Gasteiger partial charge on any atom is -0.376 e. The van der Waals surface area contributed by atoms with Gasteiger partial charge in [0.2, 0.25) is 0 Å². The van der Waals surface area contributed by atoms with Gasteiger partial charge in [0, 0.05) is 32.5 Å². The molecule has 0 spiro atoms. The molecule has 0 radical (unpaired) electrons. The van der Waals surface area contributed by atoms with Crippen LogP contribution in [0.25, 0.3) is 0 Å². The lowest BCUT2D eigenvalue weighted by molar-refractivity contribution is 0.00171. The van der Waals surface area contributed by atoms with E-state index in [0.29, 0.717) is 12.6 Å². The molecule has 0 unspecified atom stereocenters. The Balaban J connectivity index is 1.55. The SMILES string of the molecule is COC1(CNC(=O)NC2CCCC2)Cc2ccccc2C1. The van der Waals surface area contributed by atoms with E-state index >= 15 is 0 Å². The van der Waals surface area contributed by atoms with Crippen molar-refractivity contribution in [1.82, 2.24) is 10.6 Å². The highest BCUT2D eigenvalue weighted by Crippen LogP contribution is 2.32. The Morgan fingerprint density at radius 2 is 1.86 bits per heavy atom. The van der Waals surface area contributed by atoms with E-state index in [9.17, 15) is 4.79 Å². The molecule has 0 heterocycles. The van der Waals surface area contributed by atoms with Gasteiger partial charge in [-0.05, 0) is 24.0 Å². The summed E-state index contributed by atoms with van der Waals surface area (Å²) in [5.74, 6) is 0. The standard InChI is InChI=1S/C17H24N2O2/c1-21-17(10-13-6-2-3-7-14(13)11-17)12-18-16(20)19-15-8-4-5-9-15/h2-3,6-7,15H,4-5,8-12H2,1H3,(H2,18,19,20). The molecule has 3 rings (SSSR count). The quantitative estimate of drug-likeness (QED) is 0.894. The maximum absolute atomic E-state index is 12.0. The maximum atomic E-state index is 12.0. The minimum absolute atomic E-state index is 0.0609. The van der Waals surface area contributed by atoms with Crippen LogP contribution in [0.15, 0.2) is 24.3 Å². The minimum atomic E-state index is -0.295. The molecule has 0 bridgehead atoms. The molecule has 2 amide bonds. The zero-order valence-electron chi connectivity index (χ0n) is 12.7. The van der Waals surface area contributed by atoms with Crippen LogP contribution in [0.3, 0.4) is 0 Å². The van der Waals surface area contributed by atoms with Crippen molar-refractivity contribution in [3.8, 4) is 0 Å². The van der Waals surface area contributed by atoms with Gasteiger partial charge in [-0.15, -0.1) is 0 Å². The van der Waals surface area contributed by atoms with E-state index in [1.807, 2.05) is 0 Å². The number of hydrogen-bond donors (Lipinski definition) is 2. The first-order valence-electron chi connectivity index (χ1n) is 7.87. The number of rotatable bonds is 4. The number of methoxy groups -OCH3 is 1. The molecule has 2 N–H and O–H groups in total. The lowest BCUT2D eigenvalue weighted by Crippen LogP contribution is -2.49. The van der Waals surface area contributed by atoms with Crippen molar-refractivity contribution in [2.45, 2.75) is 50.2 Å². The third-order valence-corrected chi connectivity index (χ3v) is 4.84. The second-order valence-electron chi connectivity index (χ2n) is 6.32. The summed E-state index contributed by atoms with van der Waals surface area (Å²) in [6, 6.07) is 8.71. The molecule has 114 valence electrons. The van der Waals surface area contributed by atoms with Gasteiger partial charge in [0.05, 0.1) is 5.60 Å². The predicted octanol–water partition coefficient (Wildman–Crippen LogP) is 2.41. The Bertz CT molecular complexity index is 484. The van der Waals surface area contributed by atoms with Crippen molar-refractivity contribution in [2.75, 3.05) is 13.7 Å². The first kappa shape index (κ1) is 14.4. The van der Waals surface area contributed by atoms with Gasteiger partial charge in [-0.1, -0.05) is 37.1 Å². The molecule has 0 aliphatic heterocycles. The molecule has 0 saturated heterocycles. The number of carbonyl (C=O) groups is 1. The van der Waals surface area contributed by atoms with E-state index in [4.69, 9.17) is 4.74 Å². The van der Waals surface area contributed by atoms with E-state index in [1.165, 1.54) is 24.0 Å². The first-order chi connectivity index (χ1) is 10.2. The van der Waals surface area contributed by atoms with Gasteiger partial charge < -0.3 is 15.4 Å². The van der Waals surface area contributed by atoms with Gasteiger partial charge in [-0.2, -0.15) is 0 Å². The van der Waals surface area contributed by atoms with Gasteiger partial charge in [0.1, 0.15) is 0 Å². The summed E-state index contributed by atoms with van der Waals surface area (Å²) in [5, 5.41) is 6.06. The summed E-state index contributed by atoms with van der Waals surface area (Å²) >= 11 is 0. The van der Waals surface area contributed by atoms with Crippen LogP contribution < -0.4 is 10.6 Å². The van der Waals surface area contributed by atoms with Crippen LogP contribution in [0.2, 0.25) is 0 Å². The van der Waals surface area contributed by atoms with Crippen LogP contribution in [-0.2, 0) is 17.6 Å². The highest BCUT2D eigenvalue weighted by molar-refractivity contribution is 5.74. The van der Waals surface area contributed by atoms with Crippen molar-refractivity contribution >= 4 is 6.03 Å². The fourth-order valence-corrected chi connectivity index (χ4v) is 3.55. The number of amides is 2. The van der Waals surface area contributed by atoms with Gasteiger partial charge in [-0.3, -0.25) is 0 Å². The summed E-state index contributed by atoms with van der Waals surface area (Å²) in [7, 11) is 1.74. The van der Waals surface area contributed by atoms with Crippen molar-refractivity contribution in [1.29, 1.82) is 0 Å². The largest absolute Gasteiger partial charge is 0.376 e. The highest BCUT2D eigenvalue weighted by atomic mass is 16.5. The van der Waals surface area contributed by atoms with Crippen molar-refractivity contribution < 1.29 is 9.53 Å². The Morgan fingerprint density at radius 1 is 1.24 bits per heavy atom. The number of urea groups is 1. The Labute approximate surface area is 126 Å². The molecule has 1 saturated carbocycles. The highest BCUT2D eigenvalue weighted by Gasteiger charge is 2.37. The van der Waals surface area contributed by atoms with Gasteiger partial charge in [-0.25, -0.2) is 4.79 Å². The molecule has 1 fully saturated rings. The van der Waals surface area contributed by atoms with E-state index < -0.39 is 0 Å². The molecule has 2 aliphatic rings. The molecule has 0 atom stereocenters. The number of fused-ring (bicyclic) bond motifs is 1.